The topological polar surface area (TPSA) is 91.0 Å². The first kappa shape index (κ1) is 20.0. The van der Waals surface area contributed by atoms with E-state index in [4.69, 9.17) is 16.0 Å². The first-order chi connectivity index (χ1) is 14.5. The van der Waals surface area contributed by atoms with Crippen LogP contribution in [0.2, 0.25) is 5.02 Å². The van der Waals surface area contributed by atoms with E-state index < -0.39 is 11.8 Å². The number of hydrogen-bond acceptors (Lipinski definition) is 8. The average Bonchev–Trinajstić information content (AvgIpc) is 3.19. The Balaban J connectivity index is 1.76. The molecule has 3 aromatic heterocycles. The molecule has 0 unspecified atom stereocenters. The lowest BCUT2D eigenvalue weighted by Gasteiger charge is -2.01. The van der Waals surface area contributed by atoms with E-state index in [1.54, 1.807) is 24.3 Å². The van der Waals surface area contributed by atoms with E-state index in [9.17, 15) is 9.18 Å². The smallest absolute Gasteiger partial charge is 0.358 e. The highest BCUT2D eigenvalue weighted by molar-refractivity contribution is 7.99. The number of rotatable bonds is 5. The molecule has 0 atom stereocenters. The van der Waals surface area contributed by atoms with Crippen LogP contribution < -0.4 is 0 Å². The number of carbonyl (C=O) groups excluding carboxylic acids is 1. The second kappa shape index (κ2) is 8.60. The second-order valence-corrected chi connectivity index (χ2v) is 7.29. The maximum Gasteiger partial charge on any atom is 0.358 e. The summed E-state index contributed by atoms with van der Waals surface area (Å²) in [6, 6.07) is 9.32. The standard InChI is InChI=1S/C20H12ClFN4O3S/c1-28-19(27)15-10-23-14(9-24-15)17-20(30-16-6-5-12(21)8-25-16)29-18(26-17)11-3-2-4-13(22)7-11/h2-10H,1H3. The van der Waals surface area contributed by atoms with Crippen molar-refractivity contribution in [3.8, 4) is 22.8 Å². The molecular weight excluding hydrogens is 431 g/mol. The van der Waals surface area contributed by atoms with E-state index in [2.05, 4.69) is 24.7 Å². The Morgan fingerprint density at radius 3 is 2.67 bits per heavy atom. The van der Waals surface area contributed by atoms with E-state index in [0.717, 1.165) is 0 Å². The minimum atomic E-state index is -0.602. The van der Waals surface area contributed by atoms with Crippen LogP contribution in [0.1, 0.15) is 10.5 Å². The Morgan fingerprint density at radius 2 is 2.00 bits per heavy atom. The summed E-state index contributed by atoms with van der Waals surface area (Å²) in [6.07, 6.45) is 4.18. The number of oxazole rings is 1. The fraction of sp³-hybridized carbons (Fsp3) is 0.0500. The van der Waals surface area contributed by atoms with Gasteiger partial charge in [0.2, 0.25) is 5.89 Å². The van der Waals surface area contributed by atoms with Crippen molar-refractivity contribution in [2.24, 2.45) is 0 Å². The molecule has 0 saturated heterocycles. The molecule has 0 aliphatic rings. The molecule has 4 rings (SSSR count). The Kier molecular flexibility index (Phi) is 5.73. The number of hydrogen-bond donors (Lipinski definition) is 0. The van der Waals surface area contributed by atoms with Crippen molar-refractivity contribution in [3.05, 3.63) is 71.5 Å². The molecule has 0 N–H and O–H groups in total. The van der Waals surface area contributed by atoms with Crippen molar-refractivity contribution >= 4 is 29.3 Å². The fourth-order valence-electron chi connectivity index (χ4n) is 2.46. The number of esters is 1. The third-order valence-corrected chi connectivity index (χ3v) is 4.99. The number of benzene rings is 1. The normalized spacial score (nSPS) is 10.8. The highest BCUT2D eigenvalue weighted by Crippen LogP contribution is 2.37. The van der Waals surface area contributed by atoms with Crippen LogP contribution in [0, 0.1) is 5.82 Å². The number of halogens is 2. The van der Waals surface area contributed by atoms with E-state index >= 15 is 0 Å². The van der Waals surface area contributed by atoms with Gasteiger partial charge in [-0.2, -0.15) is 0 Å². The predicted octanol–water partition coefficient (Wildman–Crippen LogP) is 4.92. The summed E-state index contributed by atoms with van der Waals surface area (Å²) in [5.74, 6) is -0.808. The number of ether oxygens (including phenoxy) is 1. The maximum atomic E-state index is 13.7. The van der Waals surface area contributed by atoms with E-state index in [1.807, 2.05) is 0 Å². The van der Waals surface area contributed by atoms with Crippen molar-refractivity contribution in [1.29, 1.82) is 0 Å². The molecule has 0 bridgehead atoms. The summed E-state index contributed by atoms with van der Waals surface area (Å²) in [5.41, 5.74) is 1.26. The number of methoxy groups -OCH3 is 1. The van der Waals surface area contributed by atoms with E-state index in [1.165, 1.54) is 49.6 Å². The largest absolute Gasteiger partial charge is 0.464 e. The molecule has 0 spiro atoms. The monoisotopic (exact) mass is 442 g/mol. The first-order valence-corrected chi connectivity index (χ1v) is 9.70. The molecule has 0 radical (unpaired) electrons. The Labute approximate surface area is 179 Å². The molecular formula is C20H12ClFN4O3S. The Bertz CT molecular complexity index is 1200. The van der Waals surface area contributed by atoms with Gasteiger partial charge >= 0.3 is 5.97 Å². The molecule has 0 aliphatic carbocycles. The summed E-state index contributed by atoms with van der Waals surface area (Å²) in [7, 11) is 1.26. The Morgan fingerprint density at radius 1 is 1.13 bits per heavy atom. The average molecular weight is 443 g/mol. The summed E-state index contributed by atoms with van der Waals surface area (Å²) in [5, 5.41) is 1.49. The predicted molar refractivity (Wildman–Crippen MR) is 108 cm³/mol. The molecule has 4 aromatic rings. The van der Waals surface area contributed by atoms with Crippen LogP contribution in [0.15, 0.2) is 69.5 Å². The van der Waals surface area contributed by atoms with Gasteiger partial charge in [-0.15, -0.1) is 0 Å². The fourth-order valence-corrected chi connectivity index (χ4v) is 3.37. The molecule has 3 heterocycles. The first-order valence-electron chi connectivity index (χ1n) is 8.50. The SMILES string of the molecule is COC(=O)c1cnc(-c2nc(-c3cccc(F)c3)oc2Sc2ccc(Cl)cn2)cn1. The molecule has 0 amide bonds. The highest BCUT2D eigenvalue weighted by atomic mass is 35.5. The summed E-state index contributed by atoms with van der Waals surface area (Å²) in [4.78, 5) is 28.6. The van der Waals surface area contributed by atoms with Gasteiger partial charge in [-0.25, -0.2) is 24.1 Å². The number of nitrogens with zero attached hydrogens (tertiary/aromatic N) is 4. The lowest BCUT2D eigenvalue weighted by atomic mass is 10.2. The summed E-state index contributed by atoms with van der Waals surface area (Å²) in [6.45, 7) is 0. The van der Waals surface area contributed by atoms with Gasteiger partial charge in [-0.05, 0) is 42.1 Å². The van der Waals surface area contributed by atoms with Gasteiger partial charge in [0.1, 0.15) is 22.2 Å². The molecule has 1 aromatic carbocycles. The van der Waals surface area contributed by atoms with Gasteiger partial charge < -0.3 is 9.15 Å². The van der Waals surface area contributed by atoms with Gasteiger partial charge in [-0.1, -0.05) is 17.7 Å². The Hall–Kier alpha value is -3.30. The van der Waals surface area contributed by atoms with Crippen molar-refractivity contribution in [3.63, 3.8) is 0 Å². The van der Waals surface area contributed by atoms with Crippen LogP contribution in [0.25, 0.3) is 22.8 Å². The number of pyridine rings is 1. The zero-order valence-corrected chi connectivity index (χ0v) is 16.9. The quantitative estimate of drug-likeness (QED) is 0.402. The highest BCUT2D eigenvalue weighted by Gasteiger charge is 2.20. The van der Waals surface area contributed by atoms with Crippen LogP contribution >= 0.6 is 23.4 Å². The molecule has 0 aliphatic heterocycles. The molecule has 7 nitrogen and oxygen atoms in total. The van der Waals surface area contributed by atoms with Crippen LogP contribution in [0.4, 0.5) is 4.39 Å². The summed E-state index contributed by atoms with van der Waals surface area (Å²) >= 11 is 7.09. The number of carbonyl (C=O) groups is 1. The van der Waals surface area contributed by atoms with Crippen LogP contribution in [-0.4, -0.2) is 33.0 Å². The van der Waals surface area contributed by atoms with Crippen LogP contribution in [-0.2, 0) is 4.74 Å². The lowest BCUT2D eigenvalue weighted by Crippen LogP contribution is -2.05. The second-order valence-electron chi connectivity index (χ2n) is 5.86. The summed E-state index contributed by atoms with van der Waals surface area (Å²) < 4.78 is 24.2. The van der Waals surface area contributed by atoms with E-state index in [0.29, 0.717) is 32.1 Å². The zero-order valence-electron chi connectivity index (χ0n) is 15.4. The van der Waals surface area contributed by atoms with Crippen molar-refractivity contribution in [2.45, 2.75) is 10.1 Å². The molecule has 10 heteroatoms. The van der Waals surface area contributed by atoms with Crippen LogP contribution in [0.3, 0.4) is 0 Å². The minimum absolute atomic E-state index is 0.0590. The minimum Gasteiger partial charge on any atom is -0.464 e. The van der Waals surface area contributed by atoms with Gasteiger partial charge in [0, 0.05) is 11.8 Å². The van der Waals surface area contributed by atoms with Gasteiger partial charge in [-0.3, -0.25) is 4.98 Å². The van der Waals surface area contributed by atoms with Crippen molar-refractivity contribution < 1.29 is 18.3 Å². The van der Waals surface area contributed by atoms with Gasteiger partial charge in [0.15, 0.2) is 10.8 Å². The molecule has 30 heavy (non-hydrogen) atoms. The number of aromatic nitrogens is 4. The lowest BCUT2D eigenvalue weighted by molar-refractivity contribution is 0.0593. The molecule has 0 fully saturated rings. The van der Waals surface area contributed by atoms with Crippen molar-refractivity contribution in [1.82, 2.24) is 19.9 Å². The molecule has 0 saturated carbocycles. The zero-order chi connectivity index (χ0) is 21.1. The van der Waals surface area contributed by atoms with Crippen LogP contribution in [0.5, 0.6) is 0 Å². The van der Waals surface area contributed by atoms with Crippen molar-refractivity contribution in [2.75, 3.05) is 7.11 Å². The molecule has 150 valence electrons. The van der Waals surface area contributed by atoms with E-state index in [-0.39, 0.29) is 11.6 Å². The van der Waals surface area contributed by atoms with Gasteiger partial charge in [0.25, 0.3) is 0 Å². The van der Waals surface area contributed by atoms with Gasteiger partial charge in [0.05, 0.1) is 24.5 Å². The maximum absolute atomic E-state index is 13.7. The third kappa shape index (κ3) is 4.32. The third-order valence-electron chi connectivity index (χ3n) is 3.85.